The molecule has 0 spiro atoms. The third-order valence-corrected chi connectivity index (χ3v) is 3.58. The van der Waals surface area contributed by atoms with E-state index in [0.29, 0.717) is 18.2 Å². The summed E-state index contributed by atoms with van der Waals surface area (Å²) in [6.07, 6.45) is 1.87. The summed E-state index contributed by atoms with van der Waals surface area (Å²) >= 11 is 1.62. The summed E-state index contributed by atoms with van der Waals surface area (Å²) in [5, 5.41) is 12.3. The smallest absolute Gasteiger partial charge is 0.230 e. The van der Waals surface area contributed by atoms with Crippen molar-refractivity contribution in [2.24, 2.45) is 5.92 Å². The van der Waals surface area contributed by atoms with E-state index in [1.165, 1.54) is 0 Å². The minimum atomic E-state index is -0.339. The van der Waals surface area contributed by atoms with Gasteiger partial charge in [0.25, 0.3) is 0 Å². The van der Waals surface area contributed by atoms with Gasteiger partial charge in [0.1, 0.15) is 0 Å². The van der Waals surface area contributed by atoms with Crippen LogP contribution in [0.3, 0.4) is 0 Å². The Morgan fingerprint density at radius 1 is 1.53 bits per heavy atom. The Labute approximate surface area is 96.0 Å². The maximum absolute atomic E-state index is 11.4. The van der Waals surface area contributed by atoms with Crippen molar-refractivity contribution < 1.29 is 9.90 Å². The van der Waals surface area contributed by atoms with Crippen molar-refractivity contribution in [3.63, 3.8) is 0 Å². The standard InChI is InChI=1S/C11H21NO2S/c1-11(2,3)15-7-10(14)12-6-9(13)8-4-5-8/h8-9,13H,4-7H2,1-3H3,(H,12,14). The fourth-order valence-electron chi connectivity index (χ4n) is 1.20. The Balaban J connectivity index is 2.07. The first-order chi connectivity index (χ1) is 6.88. The Bertz CT molecular complexity index is 221. The van der Waals surface area contributed by atoms with Gasteiger partial charge in [-0.3, -0.25) is 4.79 Å². The van der Waals surface area contributed by atoms with Gasteiger partial charge in [-0.2, -0.15) is 0 Å². The average molecular weight is 231 g/mol. The molecule has 0 radical (unpaired) electrons. The number of aliphatic hydroxyl groups excluding tert-OH is 1. The lowest BCUT2D eigenvalue weighted by atomic mass is 10.2. The second-order valence-corrected chi connectivity index (χ2v) is 6.91. The molecule has 0 aliphatic heterocycles. The summed E-state index contributed by atoms with van der Waals surface area (Å²) in [5.74, 6) is 0.927. The molecule has 1 rings (SSSR count). The predicted molar refractivity (Wildman–Crippen MR) is 64.0 cm³/mol. The molecule has 1 fully saturated rings. The van der Waals surface area contributed by atoms with E-state index < -0.39 is 0 Å². The summed E-state index contributed by atoms with van der Waals surface area (Å²) in [7, 11) is 0. The van der Waals surface area contributed by atoms with E-state index in [1.807, 2.05) is 0 Å². The zero-order valence-corrected chi connectivity index (χ0v) is 10.6. The molecule has 0 aromatic rings. The van der Waals surface area contributed by atoms with Crippen molar-refractivity contribution in [3.8, 4) is 0 Å². The van der Waals surface area contributed by atoms with Gasteiger partial charge in [0, 0.05) is 11.3 Å². The Hall–Kier alpha value is -0.220. The lowest BCUT2D eigenvalue weighted by Crippen LogP contribution is -2.34. The van der Waals surface area contributed by atoms with Gasteiger partial charge in [0.05, 0.1) is 11.9 Å². The van der Waals surface area contributed by atoms with Crippen LogP contribution in [0.25, 0.3) is 0 Å². The molecule has 3 nitrogen and oxygen atoms in total. The molecule has 1 saturated carbocycles. The first-order valence-electron chi connectivity index (χ1n) is 5.47. The van der Waals surface area contributed by atoms with Crippen molar-refractivity contribution in [1.82, 2.24) is 5.32 Å². The molecule has 0 heterocycles. The van der Waals surface area contributed by atoms with Crippen LogP contribution in [0.2, 0.25) is 0 Å². The number of hydrogen-bond acceptors (Lipinski definition) is 3. The highest BCUT2D eigenvalue weighted by atomic mass is 32.2. The molecule has 88 valence electrons. The van der Waals surface area contributed by atoms with Crippen LogP contribution in [0.1, 0.15) is 33.6 Å². The van der Waals surface area contributed by atoms with Crippen molar-refractivity contribution in [2.45, 2.75) is 44.5 Å². The molecule has 0 aromatic carbocycles. The number of rotatable bonds is 5. The number of aliphatic hydroxyl groups is 1. The van der Waals surface area contributed by atoms with Gasteiger partial charge in [-0.1, -0.05) is 20.8 Å². The van der Waals surface area contributed by atoms with Gasteiger partial charge in [0.2, 0.25) is 5.91 Å². The Kier molecular flexibility index (Phi) is 4.46. The largest absolute Gasteiger partial charge is 0.391 e. The molecule has 1 amide bonds. The molecule has 4 heteroatoms. The van der Waals surface area contributed by atoms with Crippen molar-refractivity contribution in [1.29, 1.82) is 0 Å². The topological polar surface area (TPSA) is 49.3 Å². The fraction of sp³-hybridized carbons (Fsp3) is 0.909. The quantitative estimate of drug-likeness (QED) is 0.752. The third kappa shape index (κ3) is 6.05. The van der Waals surface area contributed by atoms with Gasteiger partial charge in [-0.25, -0.2) is 0 Å². The highest BCUT2D eigenvalue weighted by Gasteiger charge is 2.29. The lowest BCUT2D eigenvalue weighted by Gasteiger charge is -2.17. The van der Waals surface area contributed by atoms with Crippen LogP contribution in [-0.4, -0.2) is 34.2 Å². The number of carbonyl (C=O) groups is 1. The van der Waals surface area contributed by atoms with E-state index in [-0.39, 0.29) is 16.8 Å². The first-order valence-corrected chi connectivity index (χ1v) is 6.46. The van der Waals surface area contributed by atoms with Crippen LogP contribution in [0, 0.1) is 5.92 Å². The van der Waals surface area contributed by atoms with E-state index in [1.54, 1.807) is 11.8 Å². The summed E-state index contributed by atoms with van der Waals surface area (Å²) < 4.78 is 0.118. The monoisotopic (exact) mass is 231 g/mol. The molecule has 1 unspecified atom stereocenters. The van der Waals surface area contributed by atoms with Gasteiger partial charge >= 0.3 is 0 Å². The maximum Gasteiger partial charge on any atom is 0.230 e. The lowest BCUT2D eigenvalue weighted by molar-refractivity contribution is -0.119. The molecular weight excluding hydrogens is 210 g/mol. The summed E-state index contributed by atoms with van der Waals surface area (Å²) in [4.78, 5) is 11.4. The van der Waals surface area contributed by atoms with E-state index in [9.17, 15) is 9.90 Å². The van der Waals surface area contributed by atoms with Crippen LogP contribution < -0.4 is 5.32 Å². The summed E-state index contributed by atoms with van der Waals surface area (Å²) in [5.41, 5.74) is 0. The van der Waals surface area contributed by atoms with Gasteiger partial charge in [0.15, 0.2) is 0 Å². The van der Waals surface area contributed by atoms with Crippen molar-refractivity contribution in [2.75, 3.05) is 12.3 Å². The van der Waals surface area contributed by atoms with E-state index in [2.05, 4.69) is 26.1 Å². The molecular formula is C11H21NO2S. The van der Waals surface area contributed by atoms with E-state index in [4.69, 9.17) is 0 Å². The number of thioether (sulfide) groups is 1. The second-order valence-electron chi connectivity index (χ2n) is 5.11. The average Bonchev–Trinajstić information content (AvgIpc) is 2.92. The number of nitrogens with one attached hydrogen (secondary N) is 1. The maximum atomic E-state index is 11.4. The normalized spacial score (nSPS) is 18.7. The van der Waals surface area contributed by atoms with Crippen molar-refractivity contribution in [3.05, 3.63) is 0 Å². The molecule has 2 N–H and O–H groups in total. The van der Waals surface area contributed by atoms with Crippen LogP contribution in [0.4, 0.5) is 0 Å². The molecule has 0 aromatic heterocycles. The zero-order chi connectivity index (χ0) is 11.5. The first kappa shape index (κ1) is 12.8. The molecule has 0 saturated heterocycles. The zero-order valence-electron chi connectivity index (χ0n) is 9.75. The third-order valence-electron chi connectivity index (χ3n) is 2.31. The van der Waals surface area contributed by atoms with Crippen LogP contribution >= 0.6 is 11.8 Å². The number of carbonyl (C=O) groups excluding carboxylic acids is 1. The molecule has 1 aliphatic carbocycles. The van der Waals surface area contributed by atoms with Crippen LogP contribution in [0.5, 0.6) is 0 Å². The number of hydrogen-bond donors (Lipinski definition) is 2. The highest BCUT2D eigenvalue weighted by Crippen LogP contribution is 2.32. The summed E-state index contributed by atoms with van der Waals surface area (Å²) in [6, 6.07) is 0. The summed E-state index contributed by atoms with van der Waals surface area (Å²) in [6.45, 7) is 6.67. The molecule has 0 bridgehead atoms. The van der Waals surface area contributed by atoms with Crippen LogP contribution in [0.15, 0.2) is 0 Å². The number of amides is 1. The van der Waals surface area contributed by atoms with Crippen LogP contribution in [-0.2, 0) is 4.79 Å². The van der Waals surface area contributed by atoms with E-state index >= 15 is 0 Å². The fourth-order valence-corrected chi connectivity index (χ4v) is 1.87. The molecule has 1 aliphatic rings. The molecule has 15 heavy (non-hydrogen) atoms. The van der Waals surface area contributed by atoms with E-state index in [0.717, 1.165) is 12.8 Å². The predicted octanol–water partition coefficient (Wildman–Crippen LogP) is 1.41. The minimum Gasteiger partial charge on any atom is -0.391 e. The van der Waals surface area contributed by atoms with Gasteiger partial charge in [-0.15, -0.1) is 11.8 Å². The highest BCUT2D eigenvalue weighted by molar-refractivity contribution is 8.01. The Morgan fingerprint density at radius 3 is 2.60 bits per heavy atom. The van der Waals surface area contributed by atoms with Gasteiger partial charge in [-0.05, 0) is 18.8 Å². The van der Waals surface area contributed by atoms with Crippen molar-refractivity contribution >= 4 is 17.7 Å². The van der Waals surface area contributed by atoms with Gasteiger partial charge < -0.3 is 10.4 Å². The SMILES string of the molecule is CC(C)(C)SCC(=O)NCC(O)C1CC1. The second kappa shape index (κ2) is 5.21. The minimum absolute atomic E-state index is 0.0228. The Morgan fingerprint density at radius 2 is 2.13 bits per heavy atom. The molecule has 1 atom stereocenters.